The van der Waals surface area contributed by atoms with Gasteiger partial charge in [0.05, 0.1) is 24.0 Å². The Labute approximate surface area is 130 Å². The Hall–Kier alpha value is -3.49. The summed E-state index contributed by atoms with van der Waals surface area (Å²) in [5.41, 5.74) is 13.6. The largest absolute Gasteiger partial charge is 0.478 e. The summed E-state index contributed by atoms with van der Waals surface area (Å²) >= 11 is 0. The van der Waals surface area contributed by atoms with Crippen molar-refractivity contribution in [1.29, 1.82) is 0 Å². The van der Waals surface area contributed by atoms with E-state index in [0.717, 1.165) is 5.69 Å². The predicted octanol–water partition coefficient (Wildman–Crippen LogP) is 0.894. The molecular weight excluding hydrogens is 298 g/mol. The van der Waals surface area contributed by atoms with Crippen LogP contribution >= 0.6 is 0 Å². The molecule has 2 aromatic heterocycles. The molecule has 3 rings (SSSR count). The van der Waals surface area contributed by atoms with E-state index in [1.807, 2.05) is 0 Å². The van der Waals surface area contributed by atoms with Crippen LogP contribution in [0.3, 0.4) is 0 Å². The standard InChI is InChI=1S/C14H13N7O2/c15-11-10-12(21-14(16)20-11)18-6-9(19-10)5-17-8-3-1-7(2-4-8)13(22)23/h1-4,6,17H,5H2,(H,22,23)(H4,15,16,18,20,21). The second-order valence-corrected chi connectivity index (χ2v) is 4.74. The van der Waals surface area contributed by atoms with Crippen LogP contribution in [-0.4, -0.2) is 31.0 Å². The van der Waals surface area contributed by atoms with Crippen molar-refractivity contribution in [3.63, 3.8) is 0 Å². The third kappa shape index (κ3) is 3.07. The molecule has 1 aromatic carbocycles. The van der Waals surface area contributed by atoms with Gasteiger partial charge in [-0.2, -0.15) is 9.97 Å². The van der Waals surface area contributed by atoms with Crippen molar-refractivity contribution >= 4 is 34.6 Å². The fourth-order valence-corrected chi connectivity index (χ4v) is 1.99. The molecule has 0 radical (unpaired) electrons. The summed E-state index contributed by atoms with van der Waals surface area (Å²) in [5.74, 6) is -0.743. The molecule has 3 aromatic rings. The number of nitrogens with two attached hydrogens (primary N) is 2. The number of hydrogen-bond donors (Lipinski definition) is 4. The third-order valence-electron chi connectivity index (χ3n) is 3.11. The van der Waals surface area contributed by atoms with Gasteiger partial charge >= 0.3 is 5.97 Å². The summed E-state index contributed by atoms with van der Waals surface area (Å²) < 4.78 is 0. The number of hydrogen-bond acceptors (Lipinski definition) is 8. The van der Waals surface area contributed by atoms with Gasteiger partial charge in [-0.05, 0) is 24.3 Å². The number of carbonyl (C=O) groups is 1. The van der Waals surface area contributed by atoms with E-state index < -0.39 is 5.97 Å². The van der Waals surface area contributed by atoms with E-state index in [1.165, 1.54) is 12.1 Å². The maximum atomic E-state index is 10.8. The molecule has 0 atom stereocenters. The highest BCUT2D eigenvalue weighted by molar-refractivity contribution is 5.88. The molecule has 0 aliphatic carbocycles. The SMILES string of the molecule is Nc1nc(N)c2nc(CNc3ccc(C(=O)O)cc3)cnc2n1. The second kappa shape index (κ2) is 5.72. The van der Waals surface area contributed by atoms with Crippen molar-refractivity contribution in [2.75, 3.05) is 16.8 Å². The van der Waals surface area contributed by atoms with Crippen LogP contribution in [0.4, 0.5) is 17.5 Å². The van der Waals surface area contributed by atoms with Gasteiger partial charge in [-0.3, -0.25) is 0 Å². The molecule has 23 heavy (non-hydrogen) atoms. The highest BCUT2D eigenvalue weighted by Gasteiger charge is 2.08. The van der Waals surface area contributed by atoms with E-state index in [0.29, 0.717) is 23.4 Å². The molecule has 0 aliphatic heterocycles. The zero-order valence-electron chi connectivity index (χ0n) is 11.9. The van der Waals surface area contributed by atoms with Crippen LogP contribution in [0.15, 0.2) is 30.5 Å². The molecule has 0 bridgehead atoms. The van der Waals surface area contributed by atoms with E-state index in [9.17, 15) is 4.79 Å². The minimum absolute atomic E-state index is 0.0497. The topological polar surface area (TPSA) is 153 Å². The molecule has 0 spiro atoms. The van der Waals surface area contributed by atoms with Crippen molar-refractivity contribution in [2.45, 2.75) is 6.54 Å². The van der Waals surface area contributed by atoms with Gasteiger partial charge in [-0.1, -0.05) is 0 Å². The van der Waals surface area contributed by atoms with E-state index in [4.69, 9.17) is 16.6 Å². The van der Waals surface area contributed by atoms with E-state index in [2.05, 4.69) is 25.3 Å². The van der Waals surface area contributed by atoms with Crippen LogP contribution in [0.1, 0.15) is 16.1 Å². The number of aromatic carboxylic acids is 1. The highest BCUT2D eigenvalue weighted by atomic mass is 16.4. The maximum absolute atomic E-state index is 10.8. The lowest BCUT2D eigenvalue weighted by atomic mass is 10.2. The van der Waals surface area contributed by atoms with Crippen molar-refractivity contribution in [1.82, 2.24) is 19.9 Å². The van der Waals surface area contributed by atoms with Crippen LogP contribution in [0.2, 0.25) is 0 Å². The first-order valence-electron chi connectivity index (χ1n) is 6.65. The zero-order valence-corrected chi connectivity index (χ0v) is 11.9. The Kier molecular flexibility index (Phi) is 3.59. The summed E-state index contributed by atoms with van der Waals surface area (Å²) in [4.78, 5) is 27.1. The average molecular weight is 311 g/mol. The molecule has 9 nitrogen and oxygen atoms in total. The number of benzene rings is 1. The number of carboxylic acids is 1. The van der Waals surface area contributed by atoms with Crippen molar-refractivity contribution < 1.29 is 9.90 Å². The molecule has 6 N–H and O–H groups in total. The quantitative estimate of drug-likeness (QED) is 0.550. The molecule has 0 fully saturated rings. The second-order valence-electron chi connectivity index (χ2n) is 4.74. The van der Waals surface area contributed by atoms with E-state index >= 15 is 0 Å². The van der Waals surface area contributed by atoms with Gasteiger partial charge in [0.1, 0.15) is 0 Å². The minimum atomic E-state index is -0.966. The van der Waals surface area contributed by atoms with Crippen molar-refractivity contribution in [2.24, 2.45) is 0 Å². The Bertz CT molecular complexity index is 880. The number of carboxylic acid groups (broad SMARTS) is 1. The molecule has 9 heteroatoms. The van der Waals surface area contributed by atoms with Gasteiger partial charge in [0.25, 0.3) is 0 Å². The van der Waals surface area contributed by atoms with E-state index in [1.54, 1.807) is 18.3 Å². The number of nitrogen functional groups attached to an aromatic ring is 2. The Morgan fingerprint density at radius 1 is 1.13 bits per heavy atom. The monoisotopic (exact) mass is 311 g/mol. The van der Waals surface area contributed by atoms with Crippen LogP contribution in [-0.2, 0) is 6.54 Å². The molecule has 0 unspecified atom stereocenters. The van der Waals surface area contributed by atoms with Crippen LogP contribution in [0.5, 0.6) is 0 Å². The molecule has 0 amide bonds. The summed E-state index contributed by atoms with van der Waals surface area (Å²) in [6.07, 6.45) is 1.56. The summed E-state index contributed by atoms with van der Waals surface area (Å²) in [6.45, 7) is 0.388. The van der Waals surface area contributed by atoms with Gasteiger partial charge in [0, 0.05) is 5.69 Å². The smallest absolute Gasteiger partial charge is 0.335 e. The van der Waals surface area contributed by atoms with Gasteiger partial charge in [-0.25, -0.2) is 14.8 Å². The Morgan fingerprint density at radius 2 is 1.87 bits per heavy atom. The minimum Gasteiger partial charge on any atom is -0.478 e. The maximum Gasteiger partial charge on any atom is 0.335 e. The number of aromatic nitrogens is 4. The summed E-state index contributed by atoms with van der Waals surface area (Å²) in [5, 5.41) is 12.0. The fraction of sp³-hybridized carbons (Fsp3) is 0.0714. The molecule has 0 saturated heterocycles. The first kappa shape index (κ1) is 14.4. The number of nitrogens with zero attached hydrogens (tertiary/aromatic N) is 4. The van der Waals surface area contributed by atoms with Gasteiger partial charge in [-0.15, -0.1) is 0 Å². The summed E-state index contributed by atoms with van der Waals surface area (Å²) in [6, 6.07) is 6.39. The first-order valence-corrected chi connectivity index (χ1v) is 6.65. The Morgan fingerprint density at radius 3 is 2.57 bits per heavy atom. The lowest BCUT2D eigenvalue weighted by molar-refractivity contribution is 0.0697. The molecule has 2 heterocycles. The third-order valence-corrected chi connectivity index (χ3v) is 3.11. The zero-order chi connectivity index (χ0) is 16.4. The van der Waals surface area contributed by atoms with Crippen LogP contribution < -0.4 is 16.8 Å². The molecule has 116 valence electrons. The molecular formula is C14H13N7O2. The fourth-order valence-electron chi connectivity index (χ4n) is 1.99. The van der Waals surface area contributed by atoms with Crippen molar-refractivity contribution in [3.05, 3.63) is 41.7 Å². The summed E-state index contributed by atoms with van der Waals surface area (Å²) in [7, 11) is 0. The predicted molar refractivity (Wildman–Crippen MR) is 84.7 cm³/mol. The normalized spacial score (nSPS) is 10.6. The Balaban J connectivity index is 1.78. The van der Waals surface area contributed by atoms with Crippen LogP contribution in [0.25, 0.3) is 11.2 Å². The number of anilines is 3. The van der Waals surface area contributed by atoms with E-state index in [-0.39, 0.29) is 17.3 Å². The number of nitrogens with one attached hydrogen (secondary N) is 1. The molecule has 0 aliphatic rings. The lowest BCUT2D eigenvalue weighted by Crippen LogP contribution is -2.07. The lowest BCUT2D eigenvalue weighted by Gasteiger charge is -2.07. The van der Waals surface area contributed by atoms with Gasteiger partial charge < -0.3 is 21.9 Å². The molecule has 0 saturated carbocycles. The van der Waals surface area contributed by atoms with Crippen LogP contribution in [0, 0.1) is 0 Å². The highest BCUT2D eigenvalue weighted by Crippen LogP contribution is 2.15. The first-order chi connectivity index (χ1) is 11.0. The average Bonchev–Trinajstić information content (AvgIpc) is 2.53. The van der Waals surface area contributed by atoms with Gasteiger partial charge in [0.15, 0.2) is 17.0 Å². The van der Waals surface area contributed by atoms with Gasteiger partial charge in [0.2, 0.25) is 5.95 Å². The van der Waals surface area contributed by atoms with Crippen molar-refractivity contribution in [3.8, 4) is 0 Å². The number of fused-ring (bicyclic) bond motifs is 1. The number of rotatable bonds is 4.